The number of nitrogens with zero attached hydrogens (tertiary/aromatic N) is 1. The summed E-state index contributed by atoms with van der Waals surface area (Å²) in [5.41, 5.74) is 0.633. The van der Waals surface area contributed by atoms with Crippen molar-refractivity contribution in [2.24, 2.45) is 0 Å². The van der Waals surface area contributed by atoms with Crippen LogP contribution in [0.5, 0.6) is 11.5 Å². The number of carbonyl (C=O) groups is 1. The summed E-state index contributed by atoms with van der Waals surface area (Å²) in [5, 5.41) is 0. The molecule has 5 nitrogen and oxygen atoms in total. The SMILES string of the molecule is CCCCCOc1cc(C(=O)N2CCOCC2)ccc1OC. The van der Waals surface area contributed by atoms with Crippen molar-refractivity contribution in [2.75, 3.05) is 40.0 Å². The molecule has 5 heteroatoms. The second kappa shape index (κ2) is 8.63. The molecule has 22 heavy (non-hydrogen) atoms. The van der Waals surface area contributed by atoms with Crippen molar-refractivity contribution >= 4 is 5.91 Å². The summed E-state index contributed by atoms with van der Waals surface area (Å²) in [7, 11) is 1.61. The molecule has 1 fully saturated rings. The van der Waals surface area contributed by atoms with Crippen LogP contribution in [0.3, 0.4) is 0 Å². The molecule has 1 aromatic rings. The number of rotatable bonds is 7. The van der Waals surface area contributed by atoms with Gasteiger partial charge in [0.05, 0.1) is 26.9 Å². The minimum Gasteiger partial charge on any atom is -0.493 e. The third-order valence-corrected chi connectivity index (χ3v) is 3.71. The van der Waals surface area contributed by atoms with E-state index >= 15 is 0 Å². The second-order valence-electron chi connectivity index (χ2n) is 5.33. The van der Waals surface area contributed by atoms with Crippen molar-refractivity contribution in [2.45, 2.75) is 26.2 Å². The Kier molecular flexibility index (Phi) is 6.52. The molecule has 0 bridgehead atoms. The number of morpholine rings is 1. The van der Waals surface area contributed by atoms with Gasteiger partial charge >= 0.3 is 0 Å². The predicted molar refractivity (Wildman–Crippen MR) is 84.7 cm³/mol. The van der Waals surface area contributed by atoms with Crippen molar-refractivity contribution in [3.05, 3.63) is 23.8 Å². The van der Waals surface area contributed by atoms with E-state index in [2.05, 4.69) is 6.92 Å². The van der Waals surface area contributed by atoms with Crippen LogP contribution in [0.25, 0.3) is 0 Å². The molecular formula is C17H25NO4. The summed E-state index contributed by atoms with van der Waals surface area (Å²) < 4.78 is 16.4. The summed E-state index contributed by atoms with van der Waals surface area (Å²) in [6.45, 7) is 5.27. The molecule has 0 saturated carbocycles. The van der Waals surface area contributed by atoms with E-state index in [1.54, 1.807) is 25.3 Å². The zero-order chi connectivity index (χ0) is 15.8. The summed E-state index contributed by atoms with van der Waals surface area (Å²) in [4.78, 5) is 14.3. The van der Waals surface area contributed by atoms with Gasteiger partial charge in [0.25, 0.3) is 5.91 Å². The molecule has 0 atom stereocenters. The Morgan fingerprint density at radius 1 is 1.23 bits per heavy atom. The highest BCUT2D eigenvalue weighted by molar-refractivity contribution is 5.95. The predicted octanol–water partition coefficient (Wildman–Crippen LogP) is 2.74. The first-order valence-corrected chi connectivity index (χ1v) is 7.94. The zero-order valence-corrected chi connectivity index (χ0v) is 13.5. The van der Waals surface area contributed by atoms with Gasteiger partial charge in [-0.3, -0.25) is 4.79 Å². The van der Waals surface area contributed by atoms with E-state index in [4.69, 9.17) is 14.2 Å². The summed E-state index contributed by atoms with van der Waals surface area (Å²) in [6, 6.07) is 5.36. The van der Waals surface area contributed by atoms with Crippen molar-refractivity contribution in [1.29, 1.82) is 0 Å². The molecule has 1 aliphatic rings. The van der Waals surface area contributed by atoms with Crippen molar-refractivity contribution in [1.82, 2.24) is 4.90 Å². The number of ether oxygens (including phenoxy) is 3. The minimum atomic E-state index is 0.0179. The molecule has 2 rings (SSSR count). The summed E-state index contributed by atoms with van der Waals surface area (Å²) in [5.74, 6) is 1.32. The van der Waals surface area contributed by atoms with Crippen LogP contribution in [-0.2, 0) is 4.74 Å². The normalized spacial score (nSPS) is 14.7. The largest absolute Gasteiger partial charge is 0.493 e. The van der Waals surface area contributed by atoms with Gasteiger partial charge in [-0.15, -0.1) is 0 Å². The molecule has 1 aliphatic heterocycles. The standard InChI is InChI=1S/C17H25NO4/c1-3-4-5-10-22-16-13-14(6-7-15(16)20-2)17(19)18-8-11-21-12-9-18/h6-7,13H,3-5,8-12H2,1-2H3. The average Bonchev–Trinajstić information content (AvgIpc) is 2.58. The number of hydrogen-bond acceptors (Lipinski definition) is 4. The third-order valence-electron chi connectivity index (χ3n) is 3.71. The maximum absolute atomic E-state index is 12.5. The van der Waals surface area contributed by atoms with Gasteiger partial charge in [0, 0.05) is 18.7 Å². The Balaban J connectivity index is 2.06. The average molecular weight is 307 g/mol. The van der Waals surface area contributed by atoms with Crippen LogP contribution in [0.2, 0.25) is 0 Å². The molecule has 0 aromatic heterocycles. The molecule has 0 unspecified atom stereocenters. The van der Waals surface area contributed by atoms with Gasteiger partial charge in [0.15, 0.2) is 11.5 Å². The molecule has 122 valence electrons. The fourth-order valence-corrected chi connectivity index (χ4v) is 2.41. The Morgan fingerprint density at radius 3 is 2.68 bits per heavy atom. The lowest BCUT2D eigenvalue weighted by Crippen LogP contribution is -2.40. The Hall–Kier alpha value is -1.75. The van der Waals surface area contributed by atoms with E-state index in [-0.39, 0.29) is 5.91 Å². The molecule has 1 saturated heterocycles. The number of hydrogen-bond donors (Lipinski definition) is 0. The first kappa shape index (κ1) is 16.6. The number of unbranched alkanes of at least 4 members (excludes halogenated alkanes) is 2. The highest BCUT2D eigenvalue weighted by Gasteiger charge is 2.20. The van der Waals surface area contributed by atoms with Crippen LogP contribution < -0.4 is 9.47 Å². The highest BCUT2D eigenvalue weighted by atomic mass is 16.5. The molecule has 0 radical (unpaired) electrons. The molecule has 0 aliphatic carbocycles. The van der Waals surface area contributed by atoms with Crippen LogP contribution in [0.4, 0.5) is 0 Å². The number of benzene rings is 1. The highest BCUT2D eigenvalue weighted by Crippen LogP contribution is 2.29. The number of carbonyl (C=O) groups excluding carboxylic acids is 1. The monoisotopic (exact) mass is 307 g/mol. The van der Waals surface area contributed by atoms with Gasteiger partial charge in [-0.2, -0.15) is 0 Å². The lowest BCUT2D eigenvalue weighted by Gasteiger charge is -2.27. The maximum atomic E-state index is 12.5. The number of amides is 1. The molecule has 1 aromatic carbocycles. The third kappa shape index (κ3) is 4.37. The molecule has 1 heterocycles. The Morgan fingerprint density at radius 2 is 2.00 bits per heavy atom. The van der Waals surface area contributed by atoms with Gasteiger partial charge in [0.1, 0.15) is 0 Å². The second-order valence-corrected chi connectivity index (χ2v) is 5.33. The molecular weight excluding hydrogens is 282 g/mol. The van der Waals surface area contributed by atoms with Gasteiger partial charge in [-0.1, -0.05) is 19.8 Å². The molecule has 0 spiro atoms. The molecule has 0 N–H and O–H groups in total. The first-order chi connectivity index (χ1) is 10.8. The van der Waals surface area contributed by atoms with Crippen LogP contribution in [0.15, 0.2) is 18.2 Å². The maximum Gasteiger partial charge on any atom is 0.254 e. The first-order valence-electron chi connectivity index (χ1n) is 7.94. The lowest BCUT2D eigenvalue weighted by atomic mass is 10.1. The molecule has 1 amide bonds. The van der Waals surface area contributed by atoms with Crippen LogP contribution in [-0.4, -0.2) is 50.8 Å². The Labute approximate surface area is 132 Å². The smallest absolute Gasteiger partial charge is 0.254 e. The van der Waals surface area contributed by atoms with Gasteiger partial charge < -0.3 is 19.1 Å². The van der Waals surface area contributed by atoms with Crippen LogP contribution in [0.1, 0.15) is 36.5 Å². The van der Waals surface area contributed by atoms with E-state index in [0.29, 0.717) is 50.0 Å². The Bertz CT molecular complexity index is 484. The lowest BCUT2D eigenvalue weighted by molar-refractivity contribution is 0.0302. The van der Waals surface area contributed by atoms with Crippen molar-refractivity contribution < 1.29 is 19.0 Å². The van der Waals surface area contributed by atoms with Crippen LogP contribution in [0, 0.1) is 0 Å². The van der Waals surface area contributed by atoms with E-state index < -0.39 is 0 Å². The van der Waals surface area contributed by atoms with Crippen molar-refractivity contribution in [3.63, 3.8) is 0 Å². The summed E-state index contributed by atoms with van der Waals surface area (Å²) in [6.07, 6.45) is 3.28. The summed E-state index contributed by atoms with van der Waals surface area (Å²) >= 11 is 0. The van der Waals surface area contributed by atoms with Crippen molar-refractivity contribution in [3.8, 4) is 11.5 Å². The minimum absolute atomic E-state index is 0.0179. The van der Waals surface area contributed by atoms with Gasteiger partial charge in [0.2, 0.25) is 0 Å². The fourth-order valence-electron chi connectivity index (χ4n) is 2.41. The van der Waals surface area contributed by atoms with E-state index in [9.17, 15) is 4.79 Å². The van der Waals surface area contributed by atoms with E-state index in [1.165, 1.54) is 0 Å². The van der Waals surface area contributed by atoms with Gasteiger partial charge in [-0.25, -0.2) is 0 Å². The zero-order valence-electron chi connectivity index (χ0n) is 13.5. The van der Waals surface area contributed by atoms with E-state index in [1.807, 2.05) is 4.90 Å². The topological polar surface area (TPSA) is 48.0 Å². The van der Waals surface area contributed by atoms with E-state index in [0.717, 1.165) is 19.3 Å². The number of methoxy groups -OCH3 is 1. The quantitative estimate of drug-likeness (QED) is 0.727. The fraction of sp³-hybridized carbons (Fsp3) is 0.588. The van der Waals surface area contributed by atoms with Crippen LogP contribution >= 0.6 is 0 Å². The van der Waals surface area contributed by atoms with Gasteiger partial charge in [-0.05, 0) is 24.6 Å².